The van der Waals surface area contributed by atoms with E-state index in [1.54, 1.807) is 0 Å². The molecule has 1 fully saturated rings. The third kappa shape index (κ3) is 3.76. The monoisotopic (exact) mass is 274 g/mol. The van der Waals surface area contributed by atoms with Crippen molar-refractivity contribution in [3.63, 3.8) is 0 Å². The third-order valence-electron chi connectivity index (χ3n) is 4.70. The smallest absolute Gasteiger partial charge is 0.0364 e. The molecule has 2 heteroatoms. The average molecular weight is 274 g/mol. The van der Waals surface area contributed by atoms with E-state index >= 15 is 0 Å². The van der Waals surface area contributed by atoms with E-state index in [0.29, 0.717) is 6.04 Å². The number of rotatable bonds is 5. The molecule has 112 valence electrons. The van der Waals surface area contributed by atoms with E-state index in [2.05, 4.69) is 62.4 Å². The summed E-state index contributed by atoms with van der Waals surface area (Å²) in [5.41, 5.74) is 2.76. The Balaban J connectivity index is 2.17. The van der Waals surface area contributed by atoms with Gasteiger partial charge in [-0.05, 0) is 48.9 Å². The zero-order chi connectivity index (χ0) is 14.5. The second kappa shape index (κ2) is 7.12. The highest BCUT2D eigenvalue weighted by atomic mass is 15.1. The molecule has 0 saturated heterocycles. The van der Waals surface area contributed by atoms with Gasteiger partial charge in [0.1, 0.15) is 0 Å². The number of nitrogens with zero attached hydrogens (tertiary/aromatic N) is 1. The van der Waals surface area contributed by atoms with E-state index in [1.807, 2.05) is 0 Å². The first-order valence-corrected chi connectivity index (χ1v) is 8.12. The van der Waals surface area contributed by atoms with Gasteiger partial charge < -0.3 is 10.2 Å². The highest BCUT2D eigenvalue weighted by Gasteiger charge is 2.26. The van der Waals surface area contributed by atoms with Gasteiger partial charge in [-0.3, -0.25) is 0 Å². The third-order valence-corrected chi connectivity index (χ3v) is 4.70. The second-order valence-corrected chi connectivity index (χ2v) is 6.54. The van der Waals surface area contributed by atoms with Crippen molar-refractivity contribution in [2.45, 2.75) is 45.6 Å². The summed E-state index contributed by atoms with van der Waals surface area (Å²) >= 11 is 0. The van der Waals surface area contributed by atoms with Gasteiger partial charge in [-0.15, -0.1) is 0 Å². The Hall–Kier alpha value is -1.02. The Kier molecular flexibility index (Phi) is 5.47. The molecule has 1 unspecified atom stereocenters. The molecule has 1 atom stereocenters. The minimum atomic E-state index is 0.521. The van der Waals surface area contributed by atoms with Crippen LogP contribution in [0.4, 0.5) is 5.69 Å². The van der Waals surface area contributed by atoms with Crippen molar-refractivity contribution < 1.29 is 0 Å². The minimum absolute atomic E-state index is 0.521. The van der Waals surface area contributed by atoms with Crippen molar-refractivity contribution in [3.8, 4) is 0 Å². The van der Waals surface area contributed by atoms with E-state index < -0.39 is 0 Å². The lowest BCUT2D eigenvalue weighted by atomic mass is 9.77. The van der Waals surface area contributed by atoms with Gasteiger partial charge >= 0.3 is 0 Å². The van der Waals surface area contributed by atoms with Crippen LogP contribution in [0, 0.1) is 11.8 Å². The summed E-state index contributed by atoms with van der Waals surface area (Å²) in [5, 5.41) is 3.73. The van der Waals surface area contributed by atoms with E-state index in [1.165, 1.54) is 36.9 Å². The van der Waals surface area contributed by atoms with Crippen molar-refractivity contribution in [1.82, 2.24) is 5.32 Å². The Bertz CT molecular complexity index is 406. The van der Waals surface area contributed by atoms with E-state index in [0.717, 1.165) is 18.4 Å². The first kappa shape index (κ1) is 15.4. The second-order valence-electron chi connectivity index (χ2n) is 6.54. The Morgan fingerprint density at radius 2 is 1.90 bits per heavy atom. The number of anilines is 1. The molecule has 1 aliphatic carbocycles. The standard InChI is InChI=1S/C18H30N2/c1-5-19-18(15-11-9-14(2)10-12-15)16-7-6-8-17(13-16)20(3)4/h6-8,13-15,18-19H,5,9-12H2,1-4H3. The van der Waals surface area contributed by atoms with Crippen LogP contribution in [0.5, 0.6) is 0 Å². The predicted octanol–water partition coefficient (Wildman–Crippen LogP) is 4.23. The lowest BCUT2D eigenvalue weighted by molar-refractivity contribution is 0.233. The fourth-order valence-electron chi connectivity index (χ4n) is 3.39. The summed E-state index contributed by atoms with van der Waals surface area (Å²) in [6, 6.07) is 9.55. The van der Waals surface area contributed by atoms with Crippen LogP contribution >= 0.6 is 0 Å². The molecule has 1 aliphatic rings. The molecular formula is C18H30N2. The summed E-state index contributed by atoms with van der Waals surface area (Å²) in [4.78, 5) is 2.19. The molecule has 0 heterocycles. The SMILES string of the molecule is CCNC(c1cccc(N(C)C)c1)C1CCC(C)CC1. The van der Waals surface area contributed by atoms with Gasteiger partial charge in [-0.1, -0.05) is 38.8 Å². The molecule has 2 rings (SSSR count). The van der Waals surface area contributed by atoms with Gasteiger partial charge in [0.05, 0.1) is 0 Å². The van der Waals surface area contributed by atoms with Crippen molar-refractivity contribution in [2.24, 2.45) is 11.8 Å². The molecule has 1 aromatic carbocycles. The number of hydrogen-bond donors (Lipinski definition) is 1. The molecule has 0 radical (unpaired) electrons. The maximum absolute atomic E-state index is 3.73. The van der Waals surface area contributed by atoms with Gasteiger partial charge in [0.15, 0.2) is 0 Å². The Labute approximate surface area is 124 Å². The molecular weight excluding hydrogens is 244 g/mol. The number of nitrogens with one attached hydrogen (secondary N) is 1. The summed E-state index contributed by atoms with van der Waals surface area (Å²) in [6.45, 7) is 5.66. The molecule has 0 spiro atoms. The highest BCUT2D eigenvalue weighted by molar-refractivity contribution is 5.48. The first-order chi connectivity index (χ1) is 9.61. The molecule has 0 amide bonds. The van der Waals surface area contributed by atoms with E-state index in [9.17, 15) is 0 Å². The maximum atomic E-state index is 3.73. The highest BCUT2D eigenvalue weighted by Crippen LogP contribution is 2.37. The van der Waals surface area contributed by atoms with Crippen molar-refractivity contribution in [2.75, 3.05) is 25.5 Å². The normalized spacial score (nSPS) is 24.4. The lowest BCUT2D eigenvalue weighted by Gasteiger charge is -2.34. The predicted molar refractivity (Wildman–Crippen MR) is 88.3 cm³/mol. The summed E-state index contributed by atoms with van der Waals surface area (Å²) < 4.78 is 0. The summed E-state index contributed by atoms with van der Waals surface area (Å²) in [5.74, 6) is 1.71. The van der Waals surface area contributed by atoms with Crippen LogP contribution in [0.3, 0.4) is 0 Å². The molecule has 2 nitrogen and oxygen atoms in total. The van der Waals surface area contributed by atoms with Crippen LogP contribution in [0.15, 0.2) is 24.3 Å². The maximum Gasteiger partial charge on any atom is 0.0364 e. The van der Waals surface area contributed by atoms with Crippen LogP contribution in [-0.4, -0.2) is 20.6 Å². The molecule has 0 aromatic heterocycles. The van der Waals surface area contributed by atoms with E-state index in [4.69, 9.17) is 0 Å². The zero-order valence-electron chi connectivity index (χ0n) is 13.5. The van der Waals surface area contributed by atoms with Gasteiger partial charge in [0.2, 0.25) is 0 Å². The fraction of sp³-hybridized carbons (Fsp3) is 0.667. The zero-order valence-corrected chi connectivity index (χ0v) is 13.5. The van der Waals surface area contributed by atoms with Crippen LogP contribution in [0.2, 0.25) is 0 Å². The summed E-state index contributed by atoms with van der Waals surface area (Å²) in [6.07, 6.45) is 5.51. The topological polar surface area (TPSA) is 15.3 Å². The largest absolute Gasteiger partial charge is 0.378 e. The van der Waals surface area contributed by atoms with Crippen LogP contribution < -0.4 is 10.2 Å². The molecule has 1 saturated carbocycles. The van der Waals surface area contributed by atoms with Gasteiger partial charge in [0.25, 0.3) is 0 Å². The molecule has 0 bridgehead atoms. The van der Waals surface area contributed by atoms with E-state index in [-0.39, 0.29) is 0 Å². The van der Waals surface area contributed by atoms with Gasteiger partial charge in [0, 0.05) is 25.8 Å². The van der Waals surface area contributed by atoms with Gasteiger partial charge in [-0.25, -0.2) is 0 Å². The molecule has 1 N–H and O–H groups in total. The van der Waals surface area contributed by atoms with Crippen molar-refractivity contribution in [1.29, 1.82) is 0 Å². The molecule has 20 heavy (non-hydrogen) atoms. The molecule has 0 aliphatic heterocycles. The van der Waals surface area contributed by atoms with Crippen LogP contribution in [-0.2, 0) is 0 Å². The van der Waals surface area contributed by atoms with Gasteiger partial charge in [-0.2, -0.15) is 0 Å². The minimum Gasteiger partial charge on any atom is -0.378 e. The van der Waals surface area contributed by atoms with Crippen LogP contribution in [0.1, 0.15) is 51.1 Å². The summed E-state index contributed by atoms with van der Waals surface area (Å²) in [7, 11) is 4.23. The molecule has 1 aromatic rings. The van der Waals surface area contributed by atoms with Crippen LogP contribution in [0.25, 0.3) is 0 Å². The van der Waals surface area contributed by atoms with Crippen molar-refractivity contribution in [3.05, 3.63) is 29.8 Å². The fourth-order valence-corrected chi connectivity index (χ4v) is 3.39. The average Bonchev–Trinajstić information content (AvgIpc) is 2.46. The quantitative estimate of drug-likeness (QED) is 0.864. The Morgan fingerprint density at radius 3 is 2.50 bits per heavy atom. The van der Waals surface area contributed by atoms with Crippen molar-refractivity contribution >= 4 is 5.69 Å². The number of hydrogen-bond acceptors (Lipinski definition) is 2. The number of benzene rings is 1. The Morgan fingerprint density at radius 1 is 1.20 bits per heavy atom. The lowest BCUT2D eigenvalue weighted by Crippen LogP contribution is -2.30. The first-order valence-electron chi connectivity index (χ1n) is 8.12.